The maximum Gasteiger partial charge on any atom is 0.319 e. The van der Waals surface area contributed by atoms with Crippen molar-refractivity contribution in [2.75, 3.05) is 5.32 Å². The summed E-state index contributed by atoms with van der Waals surface area (Å²) in [7, 11) is 0. The summed E-state index contributed by atoms with van der Waals surface area (Å²) in [6, 6.07) is 5.25. The predicted molar refractivity (Wildman–Crippen MR) is 74.6 cm³/mol. The summed E-state index contributed by atoms with van der Waals surface area (Å²) >= 11 is 5.80. The highest BCUT2D eigenvalue weighted by molar-refractivity contribution is 6.31. The van der Waals surface area contributed by atoms with Gasteiger partial charge in [-0.15, -0.1) is 0 Å². The normalized spacial score (nSPS) is 12.9. The fourth-order valence-corrected chi connectivity index (χ4v) is 1.59. The fourth-order valence-electron chi connectivity index (χ4n) is 1.42. The van der Waals surface area contributed by atoms with Crippen LogP contribution in [0, 0.1) is 17.2 Å². The molecule has 2 atom stereocenters. The van der Waals surface area contributed by atoms with E-state index in [0.29, 0.717) is 5.02 Å². The van der Waals surface area contributed by atoms with Crippen LogP contribution in [0.5, 0.6) is 0 Å². The Hall–Kier alpha value is -2.26. The Morgan fingerprint density at radius 3 is 2.60 bits per heavy atom. The van der Waals surface area contributed by atoms with Crippen LogP contribution in [0.25, 0.3) is 0 Å². The Bertz CT molecular complexity index is 568. The fraction of sp³-hybridized carbons (Fsp3) is 0.308. The second-order valence-electron chi connectivity index (χ2n) is 4.32. The van der Waals surface area contributed by atoms with Crippen molar-refractivity contribution >= 4 is 29.3 Å². The summed E-state index contributed by atoms with van der Waals surface area (Å²) in [5.74, 6) is -1.73. The Balaban J connectivity index is 2.75. The van der Waals surface area contributed by atoms with E-state index in [9.17, 15) is 9.59 Å². The number of benzene rings is 1. The van der Waals surface area contributed by atoms with Crippen molar-refractivity contribution < 1.29 is 14.7 Å². The molecule has 0 aliphatic heterocycles. The smallest absolute Gasteiger partial charge is 0.319 e. The SMILES string of the molecule is CC(NC(=O)Nc1cc(Cl)ccc1C#N)C(C)C(=O)O. The van der Waals surface area contributed by atoms with E-state index in [1.165, 1.54) is 19.1 Å². The van der Waals surface area contributed by atoms with Crippen molar-refractivity contribution in [3.8, 4) is 6.07 Å². The summed E-state index contributed by atoms with van der Waals surface area (Å²) in [6.07, 6.45) is 0. The van der Waals surface area contributed by atoms with Crippen molar-refractivity contribution in [3.63, 3.8) is 0 Å². The summed E-state index contributed by atoms with van der Waals surface area (Å²) in [5, 5.41) is 23.1. The molecule has 6 nitrogen and oxygen atoms in total. The summed E-state index contributed by atoms with van der Waals surface area (Å²) < 4.78 is 0. The molecule has 0 fully saturated rings. The van der Waals surface area contributed by atoms with Crippen LogP contribution in [0.1, 0.15) is 19.4 Å². The van der Waals surface area contributed by atoms with Crippen LogP contribution < -0.4 is 10.6 Å². The molecule has 0 aliphatic rings. The van der Waals surface area contributed by atoms with E-state index >= 15 is 0 Å². The summed E-state index contributed by atoms with van der Waals surface area (Å²) in [6.45, 7) is 3.08. The lowest BCUT2D eigenvalue weighted by Crippen LogP contribution is -2.42. The third-order valence-electron chi connectivity index (χ3n) is 2.85. The highest BCUT2D eigenvalue weighted by atomic mass is 35.5. The van der Waals surface area contributed by atoms with Gasteiger partial charge in [0.1, 0.15) is 6.07 Å². The molecule has 0 saturated heterocycles. The number of nitrogens with one attached hydrogen (secondary N) is 2. The van der Waals surface area contributed by atoms with Gasteiger partial charge in [0.25, 0.3) is 0 Å². The first-order chi connectivity index (χ1) is 9.35. The Labute approximate surface area is 121 Å². The molecule has 1 aromatic carbocycles. The lowest BCUT2D eigenvalue weighted by molar-refractivity contribution is -0.141. The molecule has 0 radical (unpaired) electrons. The van der Waals surface area contributed by atoms with Crippen LogP contribution in [0.15, 0.2) is 18.2 Å². The van der Waals surface area contributed by atoms with Crippen LogP contribution in [-0.2, 0) is 4.79 Å². The second-order valence-corrected chi connectivity index (χ2v) is 4.75. The molecule has 2 amide bonds. The molecule has 7 heteroatoms. The molecule has 0 bridgehead atoms. The lowest BCUT2D eigenvalue weighted by atomic mass is 10.0. The first kappa shape index (κ1) is 15.8. The minimum absolute atomic E-state index is 0.267. The molecule has 0 aromatic heterocycles. The van der Waals surface area contributed by atoms with Gasteiger partial charge in [-0.05, 0) is 32.0 Å². The van der Waals surface area contributed by atoms with Crippen molar-refractivity contribution in [1.82, 2.24) is 5.32 Å². The quantitative estimate of drug-likeness (QED) is 0.794. The number of carbonyl (C=O) groups excluding carboxylic acids is 1. The third-order valence-corrected chi connectivity index (χ3v) is 3.08. The molecular formula is C13H14ClN3O3. The number of carboxylic acid groups (broad SMARTS) is 1. The molecule has 0 spiro atoms. The number of hydrogen-bond acceptors (Lipinski definition) is 3. The van der Waals surface area contributed by atoms with Crippen molar-refractivity contribution in [1.29, 1.82) is 5.26 Å². The number of nitrogens with zero attached hydrogens (tertiary/aromatic N) is 1. The maximum atomic E-state index is 11.8. The molecular weight excluding hydrogens is 282 g/mol. The van der Waals surface area contributed by atoms with Gasteiger partial charge in [-0.1, -0.05) is 11.6 Å². The number of anilines is 1. The van der Waals surface area contributed by atoms with Gasteiger partial charge in [0.2, 0.25) is 0 Å². The van der Waals surface area contributed by atoms with E-state index < -0.39 is 24.0 Å². The largest absolute Gasteiger partial charge is 0.481 e. The van der Waals surface area contributed by atoms with Crippen molar-refractivity contribution in [2.45, 2.75) is 19.9 Å². The molecule has 2 unspecified atom stereocenters. The third kappa shape index (κ3) is 4.14. The van der Waals surface area contributed by atoms with E-state index in [1.54, 1.807) is 13.0 Å². The average molecular weight is 296 g/mol. The molecule has 0 aliphatic carbocycles. The summed E-state index contributed by atoms with van der Waals surface area (Å²) in [4.78, 5) is 22.6. The highest BCUT2D eigenvalue weighted by Gasteiger charge is 2.21. The second kappa shape index (κ2) is 6.78. The number of aliphatic carboxylic acids is 1. The van der Waals surface area contributed by atoms with Crippen molar-refractivity contribution in [3.05, 3.63) is 28.8 Å². The van der Waals surface area contributed by atoms with Gasteiger partial charge in [-0.3, -0.25) is 4.79 Å². The molecule has 0 heterocycles. The van der Waals surface area contributed by atoms with Crippen LogP contribution in [0.2, 0.25) is 5.02 Å². The van der Waals surface area contributed by atoms with E-state index in [4.69, 9.17) is 22.0 Å². The van der Waals surface area contributed by atoms with Crippen LogP contribution >= 0.6 is 11.6 Å². The van der Waals surface area contributed by atoms with Gasteiger partial charge >= 0.3 is 12.0 Å². The molecule has 1 aromatic rings. The number of nitriles is 1. The topological polar surface area (TPSA) is 102 Å². The molecule has 1 rings (SSSR count). The zero-order valence-electron chi connectivity index (χ0n) is 11.0. The van der Waals surface area contributed by atoms with Crippen molar-refractivity contribution in [2.24, 2.45) is 5.92 Å². The van der Waals surface area contributed by atoms with E-state index in [0.717, 1.165) is 0 Å². The summed E-state index contributed by atoms with van der Waals surface area (Å²) in [5.41, 5.74) is 0.538. The van der Waals surface area contributed by atoms with Gasteiger partial charge in [-0.2, -0.15) is 5.26 Å². The molecule has 0 saturated carbocycles. The van der Waals surface area contributed by atoms with Gasteiger partial charge < -0.3 is 15.7 Å². The predicted octanol–water partition coefficient (Wildman–Crippen LogP) is 2.44. The number of halogens is 1. The standard InChI is InChI=1S/C13H14ClN3O3/c1-7(12(18)19)8(2)16-13(20)17-11-5-10(14)4-3-9(11)6-15/h3-5,7-8H,1-2H3,(H,18,19)(H2,16,17,20). The van der Waals surface area contributed by atoms with Gasteiger partial charge in [-0.25, -0.2) is 4.79 Å². The zero-order chi connectivity index (χ0) is 15.3. The minimum Gasteiger partial charge on any atom is -0.481 e. The van der Waals surface area contributed by atoms with Crippen LogP contribution in [0.4, 0.5) is 10.5 Å². The molecule has 3 N–H and O–H groups in total. The number of carbonyl (C=O) groups is 2. The monoisotopic (exact) mass is 295 g/mol. The van der Waals surface area contributed by atoms with E-state index in [2.05, 4.69) is 10.6 Å². The number of amides is 2. The highest BCUT2D eigenvalue weighted by Crippen LogP contribution is 2.20. The van der Waals surface area contributed by atoms with Crippen LogP contribution in [0.3, 0.4) is 0 Å². The molecule has 106 valence electrons. The number of rotatable bonds is 4. The zero-order valence-corrected chi connectivity index (χ0v) is 11.7. The maximum absolute atomic E-state index is 11.8. The molecule has 20 heavy (non-hydrogen) atoms. The Morgan fingerprint density at radius 2 is 2.05 bits per heavy atom. The first-order valence-corrected chi connectivity index (χ1v) is 6.23. The lowest BCUT2D eigenvalue weighted by Gasteiger charge is -2.18. The number of hydrogen-bond donors (Lipinski definition) is 3. The van der Waals surface area contributed by atoms with E-state index in [1.807, 2.05) is 6.07 Å². The Morgan fingerprint density at radius 1 is 1.40 bits per heavy atom. The van der Waals surface area contributed by atoms with Gasteiger partial charge in [0, 0.05) is 11.1 Å². The minimum atomic E-state index is -1.00. The number of carboxylic acids is 1. The number of urea groups is 1. The first-order valence-electron chi connectivity index (χ1n) is 5.85. The van der Waals surface area contributed by atoms with Crippen LogP contribution in [-0.4, -0.2) is 23.1 Å². The Kier molecular flexibility index (Phi) is 5.35. The average Bonchev–Trinajstić information content (AvgIpc) is 2.37. The van der Waals surface area contributed by atoms with Gasteiger partial charge in [0.05, 0.1) is 17.2 Å². The van der Waals surface area contributed by atoms with Gasteiger partial charge in [0.15, 0.2) is 0 Å². The van der Waals surface area contributed by atoms with E-state index in [-0.39, 0.29) is 11.3 Å².